The van der Waals surface area contributed by atoms with E-state index in [1.165, 1.54) is 12.1 Å². The fraction of sp³-hybridized carbons (Fsp3) is 0.200. The van der Waals surface area contributed by atoms with Crippen molar-refractivity contribution >= 4 is 11.6 Å². The summed E-state index contributed by atoms with van der Waals surface area (Å²) in [6.45, 7) is -0.165. The normalized spacial score (nSPS) is 13.0. The van der Waals surface area contributed by atoms with Gasteiger partial charge in [-0.25, -0.2) is 0 Å². The van der Waals surface area contributed by atoms with Crippen molar-refractivity contribution in [2.75, 3.05) is 6.61 Å². The van der Waals surface area contributed by atoms with E-state index >= 15 is 0 Å². The lowest BCUT2D eigenvalue weighted by molar-refractivity contribution is -0.137. The van der Waals surface area contributed by atoms with Crippen LogP contribution in [0.4, 0.5) is 13.2 Å². The molecule has 6 heteroatoms. The summed E-state index contributed by atoms with van der Waals surface area (Å²) in [5, 5.41) is 10.4. The minimum atomic E-state index is -4.43. The molecule has 0 radical (unpaired) electrons. The van der Waals surface area contributed by atoms with Gasteiger partial charge in [-0.1, -0.05) is 29.8 Å². The summed E-state index contributed by atoms with van der Waals surface area (Å²) in [5.74, 6) is 0.0471. The van der Waals surface area contributed by atoms with Crippen LogP contribution in [-0.2, 0) is 6.18 Å². The molecule has 0 heterocycles. The molecule has 1 atom stereocenters. The first-order chi connectivity index (χ1) is 9.86. The first-order valence-corrected chi connectivity index (χ1v) is 6.47. The van der Waals surface area contributed by atoms with Gasteiger partial charge < -0.3 is 9.84 Å². The Morgan fingerprint density at radius 1 is 1.10 bits per heavy atom. The van der Waals surface area contributed by atoms with Gasteiger partial charge in [0.25, 0.3) is 0 Å². The standard InChI is InChI=1S/C15H12ClF3O2/c16-12-5-1-3-10(7-12)14(20)9-21-13-6-2-4-11(8-13)15(17,18)19/h1-8,14,20H,9H2. The van der Waals surface area contributed by atoms with Gasteiger partial charge in [0.05, 0.1) is 5.56 Å². The molecule has 0 fully saturated rings. The third-order valence-corrected chi connectivity index (χ3v) is 3.04. The number of hydrogen-bond acceptors (Lipinski definition) is 2. The second-order valence-corrected chi connectivity index (χ2v) is 4.84. The molecule has 0 bridgehead atoms. The van der Waals surface area contributed by atoms with E-state index in [4.69, 9.17) is 16.3 Å². The molecule has 1 unspecified atom stereocenters. The predicted octanol–water partition coefficient (Wildman–Crippen LogP) is 4.47. The average Bonchev–Trinajstić information content (AvgIpc) is 2.44. The molecule has 0 aliphatic heterocycles. The lowest BCUT2D eigenvalue weighted by atomic mass is 10.1. The smallest absolute Gasteiger partial charge is 0.416 e. The van der Waals surface area contributed by atoms with Crippen LogP contribution in [0.25, 0.3) is 0 Å². The Morgan fingerprint density at radius 2 is 1.81 bits per heavy atom. The van der Waals surface area contributed by atoms with Crippen molar-refractivity contribution in [2.24, 2.45) is 0 Å². The molecular formula is C15H12ClF3O2. The highest BCUT2D eigenvalue weighted by Gasteiger charge is 2.30. The Labute approximate surface area is 124 Å². The lowest BCUT2D eigenvalue weighted by Crippen LogP contribution is -2.10. The molecular weight excluding hydrogens is 305 g/mol. The van der Waals surface area contributed by atoms with Gasteiger partial charge in [-0.3, -0.25) is 0 Å². The molecule has 21 heavy (non-hydrogen) atoms. The van der Waals surface area contributed by atoms with Gasteiger partial charge in [0.1, 0.15) is 18.5 Å². The maximum absolute atomic E-state index is 12.6. The third kappa shape index (κ3) is 4.37. The van der Waals surface area contributed by atoms with Gasteiger partial charge in [0.2, 0.25) is 0 Å². The first-order valence-electron chi connectivity index (χ1n) is 6.10. The van der Waals surface area contributed by atoms with Crippen LogP contribution in [0.2, 0.25) is 5.02 Å². The molecule has 0 aliphatic rings. The molecule has 0 aromatic heterocycles. The maximum Gasteiger partial charge on any atom is 0.416 e. The number of rotatable bonds is 4. The van der Waals surface area contributed by atoms with E-state index in [-0.39, 0.29) is 12.4 Å². The Kier molecular flexibility index (Phi) is 4.75. The summed E-state index contributed by atoms with van der Waals surface area (Å²) < 4.78 is 42.9. The molecule has 2 aromatic rings. The highest BCUT2D eigenvalue weighted by atomic mass is 35.5. The molecule has 2 rings (SSSR count). The number of alkyl halides is 3. The maximum atomic E-state index is 12.6. The van der Waals surface area contributed by atoms with Crippen molar-refractivity contribution in [3.8, 4) is 5.75 Å². The summed E-state index contributed by atoms with van der Waals surface area (Å²) >= 11 is 5.80. The third-order valence-electron chi connectivity index (χ3n) is 2.80. The van der Waals surface area contributed by atoms with E-state index in [9.17, 15) is 18.3 Å². The molecule has 0 saturated carbocycles. The number of ether oxygens (including phenoxy) is 1. The minimum Gasteiger partial charge on any atom is -0.491 e. The summed E-state index contributed by atoms with van der Waals surface area (Å²) in [4.78, 5) is 0. The minimum absolute atomic E-state index is 0.0471. The Morgan fingerprint density at radius 3 is 2.48 bits per heavy atom. The van der Waals surface area contributed by atoms with E-state index in [2.05, 4.69) is 0 Å². The van der Waals surface area contributed by atoms with Crippen molar-refractivity contribution in [3.05, 3.63) is 64.7 Å². The number of hydrogen-bond donors (Lipinski definition) is 1. The zero-order chi connectivity index (χ0) is 15.5. The van der Waals surface area contributed by atoms with Crippen LogP contribution in [0.3, 0.4) is 0 Å². The number of aliphatic hydroxyl groups excluding tert-OH is 1. The van der Waals surface area contributed by atoms with Gasteiger partial charge in [-0.2, -0.15) is 13.2 Å². The van der Waals surface area contributed by atoms with Crippen molar-refractivity contribution in [2.45, 2.75) is 12.3 Å². The molecule has 2 aromatic carbocycles. The van der Waals surface area contributed by atoms with Crippen LogP contribution in [0.1, 0.15) is 17.2 Å². The molecule has 2 nitrogen and oxygen atoms in total. The van der Waals surface area contributed by atoms with Gasteiger partial charge in [-0.15, -0.1) is 0 Å². The van der Waals surface area contributed by atoms with E-state index < -0.39 is 17.8 Å². The molecule has 1 N–H and O–H groups in total. The second kappa shape index (κ2) is 6.37. The van der Waals surface area contributed by atoms with Gasteiger partial charge >= 0.3 is 6.18 Å². The van der Waals surface area contributed by atoms with Crippen molar-refractivity contribution in [1.29, 1.82) is 0 Å². The van der Waals surface area contributed by atoms with Crippen LogP contribution < -0.4 is 4.74 Å². The molecule has 0 amide bonds. The largest absolute Gasteiger partial charge is 0.491 e. The van der Waals surface area contributed by atoms with Crippen LogP contribution in [0, 0.1) is 0 Å². The second-order valence-electron chi connectivity index (χ2n) is 4.41. The Bertz CT molecular complexity index is 614. The average molecular weight is 317 g/mol. The monoisotopic (exact) mass is 316 g/mol. The van der Waals surface area contributed by atoms with Crippen molar-refractivity contribution in [3.63, 3.8) is 0 Å². The molecule has 0 spiro atoms. The number of benzene rings is 2. The quantitative estimate of drug-likeness (QED) is 0.901. The van der Waals surface area contributed by atoms with E-state index in [1.54, 1.807) is 24.3 Å². The Balaban J connectivity index is 2.03. The number of aliphatic hydroxyl groups is 1. The van der Waals surface area contributed by atoms with E-state index in [1.807, 2.05) is 0 Å². The van der Waals surface area contributed by atoms with Gasteiger partial charge in [0, 0.05) is 5.02 Å². The van der Waals surface area contributed by atoms with Crippen molar-refractivity contribution < 1.29 is 23.0 Å². The molecule has 112 valence electrons. The topological polar surface area (TPSA) is 29.5 Å². The fourth-order valence-corrected chi connectivity index (χ4v) is 1.95. The summed E-state index contributed by atoms with van der Waals surface area (Å²) in [6.07, 6.45) is -5.40. The zero-order valence-electron chi connectivity index (χ0n) is 10.8. The van der Waals surface area contributed by atoms with Crippen LogP contribution in [0.5, 0.6) is 5.75 Å². The van der Waals surface area contributed by atoms with Crippen molar-refractivity contribution in [1.82, 2.24) is 0 Å². The number of halogens is 4. The summed E-state index contributed by atoms with van der Waals surface area (Å²) in [7, 11) is 0. The first kappa shape index (κ1) is 15.7. The van der Waals surface area contributed by atoms with Gasteiger partial charge in [0.15, 0.2) is 0 Å². The SMILES string of the molecule is OC(COc1cccc(C(F)(F)F)c1)c1cccc(Cl)c1. The fourth-order valence-electron chi connectivity index (χ4n) is 1.75. The zero-order valence-corrected chi connectivity index (χ0v) is 11.5. The van der Waals surface area contributed by atoms with E-state index in [0.29, 0.717) is 10.6 Å². The Hall–Kier alpha value is -1.72. The van der Waals surface area contributed by atoms with Gasteiger partial charge in [-0.05, 0) is 35.9 Å². The van der Waals surface area contributed by atoms with Crippen LogP contribution >= 0.6 is 11.6 Å². The highest BCUT2D eigenvalue weighted by molar-refractivity contribution is 6.30. The van der Waals surface area contributed by atoms with Crippen LogP contribution in [-0.4, -0.2) is 11.7 Å². The lowest BCUT2D eigenvalue weighted by Gasteiger charge is -2.14. The molecule has 0 aliphatic carbocycles. The molecule has 0 saturated heterocycles. The summed E-state index contributed by atoms with van der Waals surface area (Å²) in [5.41, 5.74) is -0.258. The summed E-state index contributed by atoms with van der Waals surface area (Å²) in [6, 6.07) is 11.1. The predicted molar refractivity (Wildman–Crippen MR) is 73.4 cm³/mol. The highest BCUT2D eigenvalue weighted by Crippen LogP contribution is 2.31. The van der Waals surface area contributed by atoms with E-state index in [0.717, 1.165) is 12.1 Å². The van der Waals surface area contributed by atoms with Crippen LogP contribution in [0.15, 0.2) is 48.5 Å².